The summed E-state index contributed by atoms with van der Waals surface area (Å²) >= 11 is 6.15. The fourth-order valence-corrected chi connectivity index (χ4v) is 2.14. The standard InChI is InChI=1S/C15H23ClN2O/c1-10(12-8-6-7-9-13(12)16)17-11(2)14(19)18-15(3,4)5/h6-11,17H,1-5H3,(H,18,19)/t10-,11-/m0/s1. The Balaban J connectivity index is 2.64. The van der Waals surface area contributed by atoms with Crippen LogP contribution in [0.2, 0.25) is 5.02 Å². The van der Waals surface area contributed by atoms with E-state index in [9.17, 15) is 4.79 Å². The van der Waals surface area contributed by atoms with Gasteiger partial charge in [-0.05, 0) is 46.2 Å². The van der Waals surface area contributed by atoms with Crippen LogP contribution in [0.5, 0.6) is 0 Å². The Morgan fingerprint density at radius 2 is 1.79 bits per heavy atom. The molecule has 1 aromatic carbocycles. The minimum absolute atomic E-state index is 0.00796. The first-order valence-corrected chi connectivity index (χ1v) is 6.91. The van der Waals surface area contributed by atoms with E-state index in [4.69, 9.17) is 11.6 Å². The lowest BCUT2D eigenvalue weighted by molar-refractivity contribution is -0.124. The second-order valence-corrected chi connectivity index (χ2v) is 6.28. The van der Waals surface area contributed by atoms with Crippen molar-refractivity contribution in [1.82, 2.24) is 10.6 Å². The van der Waals surface area contributed by atoms with Gasteiger partial charge in [-0.25, -0.2) is 0 Å². The maximum absolute atomic E-state index is 12.0. The van der Waals surface area contributed by atoms with E-state index in [-0.39, 0.29) is 23.5 Å². The molecular formula is C15H23ClN2O. The molecule has 0 radical (unpaired) electrons. The normalized spacial score (nSPS) is 14.8. The zero-order valence-electron chi connectivity index (χ0n) is 12.3. The number of hydrogen-bond acceptors (Lipinski definition) is 2. The zero-order chi connectivity index (χ0) is 14.6. The van der Waals surface area contributed by atoms with Gasteiger partial charge in [0, 0.05) is 16.6 Å². The van der Waals surface area contributed by atoms with E-state index in [1.165, 1.54) is 0 Å². The van der Waals surface area contributed by atoms with Crippen LogP contribution in [0.3, 0.4) is 0 Å². The average Bonchev–Trinajstić information content (AvgIpc) is 2.27. The minimum Gasteiger partial charge on any atom is -0.350 e. The fourth-order valence-electron chi connectivity index (χ4n) is 1.84. The van der Waals surface area contributed by atoms with Crippen LogP contribution in [0.15, 0.2) is 24.3 Å². The summed E-state index contributed by atoms with van der Waals surface area (Å²) in [5.74, 6) is -0.00796. The highest BCUT2D eigenvalue weighted by Crippen LogP contribution is 2.22. The van der Waals surface area contributed by atoms with Crippen LogP contribution in [0.4, 0.5) is 0 Å². The first kappa shape index (κ1) is 16.0. The number of amides is 1. The minimum atomic E-state index is -0.273. The van der Waals surface area contributed by atoms with Gasteiger partial charge in [-0.3, -0.25) is 10.1 Å². The van der Waals surface area contributed by atoms with Crippen molar-refractivity contribution in [3.63, 3.8) is 0 Å². The topological polar surface area (TPSA) is 41.1 Å². The second kappa shape index (κ2) is 6.40. The van der Waals surface area contributed by atoms with Gasteiger partial charge >= 0.3 is 0 Å². The highest BCUT2D eigenvalue weighted by atomic mass is 35.5. The number of hydrogen-bond donors (Lipinski definition) is 2. The summed E-state index contributed by atoms with van der Waals surface area (Å²) in [5.41, 5.74) is 0.778. The molecule has 19 heavy (non-hydrogen) atoms. The molecule has 1 aromatic rings. The summed E-state index contributed by atoms with van der Waals surface area (Å²) in [6, 6.07) is 7.41. The molecule has 0 spiro atoms. The number of carbonyl (C=O) groups excluding carboxylic acids is 1. The van der Waals surface area contributed by atoms with Crippen molar-refractivity contribution in [3.8, 4) is 0 Å². The first-order chi connectivity index (χ1) is 8.70. The molecule has 0 aliphatic rings. The second-order valence-electron chi connectivity index (χ2n) is 5.87. The SMILES string of the molecule is C[C@H](N[C@@H](C)c1ccccc1Cl)C(=O)NC(C)(C)C. The summed E-state index contributed by atoms with van der Waals surface area (Å²) in [4.78, 5) is 12.0. The lowest BCUT2D eigenvalue weighted by atomic mass is 10.1. The molecule has 1 amide bonds. The third kappa shape index (κ3) is 5.21. The molecule has 0 aliphatic carbocycles. The largest absolute Gasteiger partial charge is 0.350 e. The molecule has 0 heterocycles. The van der Waals surface area contributed by atoms with Crippen molar-refractivity contribution >= 4 is 17.5 Å². The van der Waals surface area contributed by atoms with Gasteiger partial charge in [-0.2, -0.15) is 0 Å². The predicted molar refractivity (Wildman–Crippen MR) is 80.4 cm³/mol. The fraction of sp³-hybridized carbons (Fsp3) is 0.533. The van der Waals surface area contributed by atoms with Gasteiger partial charge in [0.2, 0.25) is 5.91 Å². The van der Waals surface area contributed by atoms with E-state index in [1.54, 1.807) is 0 Å². The molecule has 4 heteroatoms. The molecule has 2 atom stereocenters. The lowest BCUT2D eigenvalue weighted by Gasteiger charge is -2.26. The molecule has 0 fully saturated rings. The maximum atomic E-state index is 12.0. The molecule has 0 saturated heterocycles. The number of rotatable bonds is 4. The van der Waals surface area contributed by atoms with Gasteiger partial charge < -0.3 is 5.32 Å². The van der Waals surface area contributed by atoms with Crippen molar-refractivity contribution in [2.75, 3.05) is 0 Å². The Kier molecular flexibility index (Phi) is 5.39. The lowest BCUT2D eigenvalue weighted by Crippen LogP contribution is -2.50. The summed E-state index contributed by atoms with van der Waals surface area (Å²) < 4.78 is 0. The van der Waals surface area contributed by atoms with Crippen LogP contribution < -0.4 is 10.6 Å². The van der Waals surface area contributed by atoms with Gasteiger partial charge in [0.15, 0.2) is 0 Å². The Hall–Kier alpha value is -1.06. The average molecular weight is 283 g/mol. The summed E-state index contributed by atoms with van der Waals surface area (Å²) in [7, 11) is 0. The van der Waals surface area contributed by atoms with E-state index in [2.05, 4.69) is 10.6 Å². The van der Waals surface area contributed by atoms with E-state index in [1.807, 2.05) is 58.9 Å². The van der Waals surface area contributed by atoms with E-state index in [0.717, 1.165) is 5.56 Å². The highest BCUT2D eigenvalue weighted by molar-refractivity contribution is 6.31. The van der Waals surface area contributed by atoms with E-state index in [0.29, 0.717) is 5.02 Å². The molecular weight excluding hydrogens is 260 g/mol. The number of nitrogens with one attached hydrogen (secondary N) is 2. The van der Waals surface area contributed by atoms with Gasteiger partial charge in [-0.15, -0.1) is 0 Å². The quantitative estimate of drug-likeness (QED) is 0.890. The molecule has 0 bridgehead atoms. The predicted octanol–water partition coefficient (Wildman–Crippen LogP) is 3.29. The van der Waals surface area contributed by atoms with Crippen molar-refractivity contribution in [1.29, 1.82) is 0 Å². The Morgan fingerprint density at radius 1 is 1.21 bits per heavy atom. The van der Waals surface area contributed by atoms with Crippen LogP contribution in [0, 0.1) is 0 Å². The molecule has 0 unspecified atom stereocenters. The van der Waals surface area contributed by atoms with E-state index >= 15 is 0 Å². The highest BCUT2D eigenvalue weighted by Gasteiger charge is 2.21. The molecule has 106 valence electrons. The summed E-state index contributed by atoms with van der Waals surface area (Å²) in [6.07, 6.45) is 0. The first-order valence-electron chi connectivity index (χ1n) is 6.53. The van der Waals surface area contributed by atoms with Crippen LogP contribution >= 0.6 is 11.6 Å². The third-order valence-corrected chi connectivity index (χ3v) is 3.11. The molecule has 1 rings (SSSR count). The van der Waals surface area contributed by atoms with Gasteiger partial charge in [-0.1, -0.05) is 29.8 Å². The molecule has 0 aromatic heterocycles. The Labute approximate surface area is 120 Å². The van der Waals surface area contributed by atoms with Crippen molar-refractivity contribution in [3.05, 3.63) is 34.9 Å². The zero-order valence-corrected chi connectivity index (χ0v) is 13.0. The van der Waals surface area contributed by atoms with Gasteiger partial charge in [0.25, 0.3) is 0 Å². The van der Waals surface area contributed by atoms with E-state index < -0.39 is 0 Å². The monoisotopic (exact) mass is 282 g/mol. The van der Waals surface area contributed by atoms with Crippen molar-refractivity contribution in [2.24, 2.45) is 0 Å². The van der Waals surface area contributed by atoms with Gasteiger partial charge in [0.05, 0.1) is 6.04 Å². The Bertz CT molecular complexity index is 440. The van der Waals surface area contributed by atoms with Crippen LogP contribution in [-0.2, 0) is 4.79 Å². The maximum Gasteiger partial charge on any atom is 0.237 e. The Morgan fingerprint density at radius 3 is 2.32 bits per heavy atom. The molecule has 2 N–H and O–H groups in total. The molecule has 0 aliphatic heterocycles. The van der Waals surface area contributed by atoms with Crippen molar-refractivity contribution in [2.45, 2.75) is 52.2 Å². The summed E-state index contributed by atoms with van der Waals surface area (Å²) in [6.45, 7) is 9.76. The van der Waals surface area contributed by atoms with Crippen LogP contribution in [0.1, 0.15) is 46.2 Å². The third-order valence-electron chi connectivity index (χ3n) is 2.76. The summed E-state index contributed by atoms with van der Waals surface area (Å²) in [5, 5.41) is 6.93. The number of benzene rings is 1. The van der Waals surface area contributed by atoms with Crippen molar-refractivity contribution < 1.29 is 4.79 Å². The molecule has 0 saturated carbocycles. The number of halogens is 1. The molecule has 3 nitrogen and oxygen atoms in total. The van der Waals surface area contributed by atoms with Crippen LogP contribution in [0.25, 0.3) is 0 Å². The van der Waals surface area contributed by atoms with Gasteiger partial charge in [0.1, 0.15) is 0 Å². The smallest absolute Gasteiger partial charge is 0.237 e. The number of carbonyl (C=O) groups is 1. The van der Waals surface area contributed by atoms with Crippen LogP contribution in [-0.4, -0.2) is 17.5 Å².